The summed E-state index contributed by atoms with van der Waals surface area (Å²) in [6.45, 7) is 8.07. The minimum atomic E-state index is -0.860. The molecule has 2 rings (SSSR count). The number of hydrogen-bond donors (Lipinski definition) is 0. The predicted molar refractivity (Wildman–Crippen MR) is 80.5 cm³/mol. The molecule has 1 unspecified atom stereocenters. The van der Waals surface area contributed by atoms with Crippen LogP contribution in [0.1, 0.15) is 61.7 Å². The van der Waals surface area contributed by atoms with Gasteiger partial charge in [-0.1, -0.05) is 13.3 Å². The average Bonchev–Trinajstić information content (AvgIpc) is 3.03. The normalized spacial score (nSPS) is 21.2. The number of nitrogens with zero attached hydrogens (tertiary/aromatic N) is 2. The molecule has 1 aliphatic rings. The van der Waals surface area contributed by atoms with E-state index in [1.807, 2.05) is 6.92 Å². The molecule has 1 fully saturated rings. The molecule has 22 heavy (non-hydrogen) atoms. The van der Waals surface area contributed by atoms with Crippen molar-refractivity contribution in [1.29, 1.82) is 0 Å². The first-order valence-electron chi connectivity index (χ1n) is 7.89. The number of amides is 1. The molecule has 6 nitrogen and oxygen atoms in total. The molecule has 1 saturated heterocycles. The van der Waals surface area contributed by atoms with Gasteiger partial charge in [0, 0.05) is 13.5 Å². The summed E-state index contributed by atoms with van der Waals surface area (Å²) in [5, 5.41) is 0. The highest BCUT2D eigenvalue weighted by atomic mass is 16.5. The van der Waals surface area contributed by atoms with E-state index < -0.39 is 5.54 Å². The van der Waals surface area contributed by atoms with E-state index in [9.17, 15) is 9.59 Å². The fraction of sp³-hybridized carbons (Fsp3) is 0.688. The van der Waals surface area contributed by atoms with Crippen LogP contribution in [-0.4, -0.2) is 40.5 Å². The molecule has 0 bridgehead atoms. The van der Waals surface area contributed by atoms with E-state index >= 15 is 0 Å². The van der Waals surface area contributed by atoms with Crippen LogP contribution in [-0.2, 0) is 9.53 Å². The van der Waals surface area contributed by atoms with Crippen molar-refractivity contribution >= 4 is 11.9 Å². The number of likely N-dealkylation sites (tertiary alicyclic amines) is 1. The monoisotopic (exact) mass is 308 g/mol. The Kier molecular flexibility index (Phi) is 4.88. The quantitative estimate of drug-likeness (QED) is 0.782. The number of carbonyl (C=O) groups is 2. The van der Waals surface area contributed by atoms with Crippen molar-refractivity contribution in [1.82, 2.24) is 9.88 Å². The zero-order chi connectivity index (χ0) is 16.3. The van der Waals surface area contributed by atoms with E-state index in [2.05, 4.69) is 4.98 Å². The standard InChI is InChI=1S/C16H24N2O4/c1-5-8-16(15(20)21-6-2)9-7-10-18(16)14(19)13-11(3)22-12(4)17-13/h5-10H2,1-4H3. The molecular weight excluding hydrogens is 284 g/mol. The molecule has 1 aliphatic heterocycles. The first-order chi connectivity index (χ1) is 10.5. The lowest BCUT2D eigenvalue weighted by molar-refractivity contribution is -0.155. The number of oxazole rings is 1. The smallest absolute Gasteiger partial charge is 0.332 e. The minimum absolute atomic E-state index is 0.242. The highest BCUT2D eigenvalue weighted by Crippen LogP contribution is 2.36. The van der Waals surface area contributed by atoms with Gasteiger partial charge >= 0.3 is 5.97 Å². The van der Waals surface area contributed by atoms with E-state index in [1.165, 1.54) is 0 Å². The summed E-state index contributed by atoms with van der Waals surface area (Å²) in [5.41, 5.74) is -0.564. The van der Waals surface area contributed by atoms with Crippen molar-refractivity contribution in [3.63, 3.8) is 0 Å². The Hall–Kier alpha value is -1.85. The van der Waals surface area contributed by atoms with Gasteiger partial charge in [-0.2, -0.15) is 0 Å². The number of hydrogen-bond acceptors (Lipinski definition) is 5. The maximum Gasteiger partial charge on any atom is 0.332 e. The third-order valence-electron chi connectivity index (χ3n) is 4.16. The van der Waals surface area contributed by atoms with Crippen LogP contribution in [0.4, 0.5) is 0 Å². The summed E-state index contributed by atoms with van der Waals surface area (Å²) >= 11 is 0. The van der Waals surface area contributed by atoms with Crippen LogP contribution in [0.5, 0.6) is 0 Å². The van der Waals surface area contributed by atoms with Crippen molar-refractivity contribution in [2.75, 3.05) is 13.2 Å². The summed E-state index contributed by atoms with van der Waals surface area (Å²) in [5.74, 6) is 0.398. The molecule has 6 heteroatoms. The highest BCUT2D eigenvalue weighted by molar-refractivity contribution is 5.98. The lowest BCUT2D eigenvalue weighted by atomic mass is 9.90. The molecule has 0 radical (unpaired) electrons. The predicted octanol–water partition coefficient (Wildman–Crippen LogP) is 2.63. The van der Waals surface area contributed by atoms with Gasteiger partial charge in [-0.25, -0.2) is 9.78 Å². The molecule has 0 saturated carbocycles. The van der Waals surface area contributed by atoms with Gasteiger partial charge in [0.15, 0.2) is 11.6 Å². The SMILES string of the molecule is CCCC1(C(=O)OCC)CCCN1C(=O)c1nc(C)oc1C. The summed E-state index contributed by atoms with van der Waals surface area (Å²) in [7, 11) is 0. The van der Waals surface area contributed by atoms with Crippen LogP contribution >= 0.6 is 0 Å². The number of esters is 1. The van der Waals surface area contributed by atoms with Crippen LogP contribution in [0.25, 0.3) is 0 Å². The van der Waals surface area contributed by atoms with Crippen LogP contribution in [0.15, 0.2) is 4.42 Å². The maximum absolute atomic E-state index is 12.9. The van der Waals surface area contributed by atoms with Gasteiger partial charge in [-0.3, -0.25) is 4.79 Å². The van der Waals surface area contributed by atoms with Gasteiger partial charge < -0.3 is 14.1 Å². The molecular formula is C16H24N2O4. The second kappa shape index (κ2) is 6.50. The number of aryl methyl sites for hydroxylation is 2. The van der Waals surface area contributed by atoms with Gasteiger partial charge in [-0.05, 0) is 33.1 Å². The van der Waals surface area contributed by atoms with Crippen molar-refractivity contribution in [3.05, 3.63) is 17.3 Å². The second-order valence-electron chi connectivity index (χ2n) is 5.70. The van der Waals surface area contributed by atoms with E-state index in [0.29, 0.717) is 43.3 Å². The summed E-state index contributed by atoms with van der Waals surface area (Å²) < 4.78 is 10.6. The van der Waals surface area contributed by atoms with Gasteiger partial charge in [0.05, 0.1) is 6.61 Å². The Morgan fingerprint density at radius 1 is 1.36 bits per heavy atom. The molecule has 1 atom stereocenters. The van der Waals surface area contributed by atoms with E-state index in [1.54, 1.807) is 25.7 Å². The van der Waals surface area contributed by atoms with Crippen LogP contribution in [0, 0.1) is 13.8 Å². The van der Waals surface area contributed by atoms with Gasteiger partial charge in [0.25, 0.3) is 5.91 Å². The maximum atomic E-state index is 12.9. The average molecular weight is 308 g/mol. The Bertz CT molecular complexity index is 566. The molecule has 0 N–H and O–H groups in total. The molecule has 1 aromatic rings. The molecule has 1 aromatic heterocycles. The van der Waals surface area contributed by atoms with E-state index in [0.717, 1.165) is 12.8 Å². The largest absolute Gasteiger partial charge is 0.464 e. The van der Waals surface area contributed by atoms with Gasteiger partial charge in [0.2, 0.25) is 0 Å². The molecule has 0 spiro atoms. The van der Waals surface area contributed by atoms with Crippen molar-refractivity contribution in [2.24, 2.45) is 0 Å². The van der Waals surface area contributed by atoms with E-state index in [4.69, 9.17) is 9.15 Å². The highest BCUT2D eigenvalue weighted by Gasteiger charge is 2.50. The van der Waals surface area contributed by atoms with Crippen molar-refractivity contribution in [3.8, 4) is 0 Å². The molecule has 0 aliphatic carbocycles. The third-order valence-corrected chi connectivity index (χ3v) is 4.16. The minimum Gasteiger partial charge on any atom is -0.464 e. The topological polar surface area (TPSA) is 72.6 Å². The lowest BCUT2D eigenvalue weighted by Crippen LogP contribution is -2.54. The molecule has 1 amide bonds. The summed E-state index contributed by atoms with van der Waals surface area (Å²) in [4.78, 5) is 31.2. The number of aromatic nitrogens is 1. The second-order valence-corrected chi connectivity index (χ2v) is 5.70. The fourth-order valence-corrected chi connectivity index (χ4v) is 3.28. The number of carbonyl (C=O) groups excluding carboxylic acids is 2. The first kappa shape index (κ1) is 16.5. The summed E-state index contributed by atoms with van der Waals surface area (Å²) in [6.07, 6.45) is 2.84. The Morgan fingerprint density at radius 3 is 2.64 bits per heavy atom. The van der Waals surface area contributed by atoms with Crippen LogP contribution < -0.4 is 0 Å². The number of rotatable bonds is 5. The first-order valence-corrected chi connectivity index (χ1v) is 7.89. The fourth-order valence-electron chi connectivity index (χ4n) is 3.28. The van der Waals surface area contributed by atoms with Crippen LogP contribution in [0.3, 0.4) is 0 Å². The van der Waals surface area contributed by atoms with Gasteiger partial charge in [0.1, 0.15) is 11.3 Å². The lowest BCUT2D eigenvalue weighted by Gasteiger charge is -2.35. The van der Waals surface area contributed by atoms with Gasteiger partial charge in [-0.15, -0.1) is 0 Å². The molecule has 0 aromatic carbocycles. The zero-order valence-electron chi connectivity index (χ0n) is 13.8. The zero-order valence-corrected chi connectivity index (χ0v) is 13.8. The Morgan fingerprint density at radius 2 is 2.09 bits per heavy atom. The molecule has 122 valence electrons. The number of ether oxygens (including phenoxy) is 1. The molecule has 2 heterocycles. The summed E-state index contributed by atoms with van der Waals surface area (Å²) in [6, 6.07) is 0. The van der Waals surface area contributed by atoms with Crippen LogP contribution in [0.2, 0.25) is 0 Å². The van der Waals surface area contributed by atoms with Crippen molar-refractivity contribution in [2.45, 2.75) is 58.9 Å². The van der Waals surface area contributed by atoms with Crippen molar-refractivity contribution < 1.29 is 18.7 Å². The Balaban J connectivity index is 2.36. The Labute approximate surface area is 130 Å². The van der Waals surface area contributed by atoms with E-state index in [-0.39, 0.29) is 11.9 Å². The third kappa shape index (κ3) is 2.74.